The summed E-state index contributed by atoms with van der Waals surface area (Å²) in [6.07, 6.45) is 2.42. The van der Waals surface area contributed by atoms with Crippen molar-refractivity contribution in [2.45, 2.75) is 20.3 Å². The quantitative estimate of drug-likeness (QED) is 0.943. The first-order valence-electron chi connectivity index (χ1n) is 5.62. The Kier molecular flexibility index (Phi) is 3.81. The maximum Gasteiger partial charge on any atom is 0.292 e. The molecule has 0 aliphatic rings. The summed E-state index contributed by atoms with van der Waals surface area (Å²) in [5, 5.41) is 2.70. The number of aryl methyl sites for hydroxylation is 2. The van der Waals surface area contributed by atoms with Crippen LogP contribution >= 0.6 is 15.9 Å². The van der Waals surface area contributed by atoms with Crippen LogP contribution in [0.5, 0.6) is 0 Å². The average Bonchev–Trinajstić information content (AvgIpc) is 2.82. The van der Waals surface area contributed by atoms with Gasteiger partial charge in [-0.1, -0.05) is 6.92 Å². The molecule has 2 aromatic rings. The van der Waals surface area contributed by atoms with Crippen LogP contribution in [0.3, 0.4) is 0 Å². The monoisotopic (exact) mass is 308 g/mol. The van der Waals surface area contributed by atoms with E-state index in [0.717, 1.165) is 22.2 Å². The van der Waals surface area contributed by atoms with Crippen molar-refractivity contribution in [1.82, 2.24) is 4.98 Å². The van der Waals surface area contributed by atoms with Crippen molar-refractivity contribution in [2.75, 3.05) is 5.32 Å². The molecule has 2 aromatic heterocycles. The number of carbonyl (C=O) groups excluding carboxylic acids is 1. The van der Waals surface area contributed by atoms with Crippen molar-refractivity contribution in [3.05, 3.63) is 46.0 Å². The van der Waals surface area contributed by atoms with Crippen LogP contribution in [-0.4, -0.2) is 10.9 Å². The first-order valence-corrected chi connectivity index (χ1v) is 6.41. The van der Waals surface area contributed by atoms with E-state index in [1.165, 1.54) is 0 Å². The Morgan fingerprint density at radius 2 is 2.28 bits per heavy atom. The van der Waals surface area contributed by atoms with E-state index in [4.69, 9.17) is 4.42 Å². The fourth-order valence-electron chi connectivity index (χ4n) is 1.48. The molecule has 1 amide bonds. The van der Waals surface area contributed by atoms with Crippen molar-refractivity contribution in [3.63, 3.8) is 0 Å². The molecular formula is C13H13BrN2O2. The second-order valence-corrected chi connectivity index (χ2v) is 4.75. The van der Waals surface area contributed by atoms with Crippen molar-refractivity contribution >= 4 is 27.7 Å². The molecule has 0 bridgehead atoms. The maximum atomic E-state index is 11.9. The highest BCUT2D eigenvalue weighted by Crippen LogP contribution is 2.18. The minimum Gasteiger partial charge on any atom is -0.456 e. The van der Waals surface area contributed by atoms with Crippen molar-refractivity contribution in [2.24, 2.45) is 0 Å². The van der Waals surface area contributed by atoms with Crippen molar-refractivity contribution < 1.29 is 9.21 Å². The number of furan rings is 1. The van der Waals surface area contributed by atoms with Gasteiger partial charge in [-0.2, -0.15) is 0 Å². The number of anilines is 1. The van der Waals surface area contributed by atoms with E-state index in [0.29, 0.717) is 11.6 Å². The highest BCUT2D eigenvalue weighted by Gasteiger charge is 2.11. The Morgan fingerprint density at radius 3 is 2.89 bits per heavy atom. The molecule has 4 nitrogen and oxygen atoms in total. The standard InChI is InChI=1S/C13H13BrN2O2/c1-3-9-4-5-11(18-9)13(17)16-12-6-8(2)10(14)7-15-12/h4-7H,3H2,1-2H3,(H,15,16,17). The van der Waals surface area contributed by atoms with Gasteiger partial charge in [-0.25, -0.2) is 4.98 Å². The van der Waals surface area contributed by atoms with Gasteiger partial charge >= 0.3 is 0 Å². The topological polar surface area (TPSA) is 55.1 Å². The van der Waals surface area contributed by atoms with E-state index in [9.17, 15) is 4.79 Å². The smallest absolute Gasteiger partial charge is 0.292 e. The van der Waals surface area contributed by atoms with Gasteiger partial charge in [-0.3, -0.25) is 4.79 Å². The second-order valence-electron chi connectivity index (χ2n) is 3.89. The third kappa shape index (κ3) is 2.79. The van der Waals surface area contributed by atoms with Crippen LogP contribution in [0.1, 0.15) is 28.8 Å². The molecule has 0 aliphatic heterocycles. The van der Waals surface area contributed by atoms with E-state index < -0.39 is 0 Å². The first-order chi connectivity index (χ1) is 8.60. The van der Waals surface area contributed by atoms with Crippen LogP contribution in [-0.2, 0) is 6.42 Å². The summed E-state index contributed by atoms with van der Waals surface area (Å²) in [5.74, 6) is 1.31. The van der Waals surface area contributed by atoms with Gasteiger partial charge in [0.15, 0.2) is 5.76 Å². The van der Waals surface area contributed by atoms with Gasteiger partial charge in [-0.15, -0.1) is 0 Å². The van der Waals surface area contributed by atoms with Gasteiger partial charge in [0, 0.05) is 17.1 Å². The number of nitrogens with one attached hydrogen (secondary N) is 1. The number of rotatable bonds is 3. The third-order valence-corrected chi connectivity index (χ3v) is 3.35. The first kappa shape index (κ1) is 12.8. The van der Waals surface area contributed by atoms with E-state index in [1.807, 2.05) is 13.8 Å². The largest absolute Gasteiger partial charge is 0.456 e. The van der Waals surface area contributed by atoms with Crippen LogP contribution < -0.4 is 5.32 Å². The summed E-state index contributed by atoms with van der Waals surface area (Å²) in [4.78, 5) is 16.0. The molecule has 5 heteroatoms. The highest BCUT2D eigenvalue weighted by molar-refractivity contribution is 9.10. The van der Waals surface area contributed by atoms with E-state index >= 15 is 0 Å². The molecule has 0 unspecified atom stereocenters. The molecule has 0 saturated carbocycles. The average molecular weight is 309 g/mol. The van der Waals surface area contributed by atoms with E-state index in [-0.39, 0.29) is 5.91 Å². The zero-order valence-electron chi connectivity index (χ0n) is 10.2. The van der Waals surface area contributed by atoms with Crippen molar-refractivity contribution in [1.29, 1.82) is 0 Å². The molecule has 0 aliphatic carbocycles. The van der Waals surface area contributed by atoms with Gasteiger partial charge in [0.05, 0.1) is 0 Å². The summed E-state index contributed by atoms with van der Waals surface area (Å²) < 4.78 is 6.28. The number of carbonyl (C=O) groups is 1. The second kappa shape index (κ2) is 5.35. The third-order valence-electron chi connectivity index (χ3n) is 2.52. The zero-order valence-corrected chi connectivity index (χ0v) is 11.7. The fraction of sp³-hybridized carbons (Fsp3) is 0.231. The van der Waals surface area contributed by atoms with Gasteiger partial charge in [-0.05, 0) is 46.6 Å². The number of amides is 1. The van der Waals surface area contributed by atoms with Crippen LogP contribution in [0.15, 0.2) is 33.3 Å². The Hall–Kier alpha value is -1.62. The fourth-order valence-corrected chi connectivity index (χ4v) is 1.69. The molecule has 2 rings (SSSR count). The predicted molar refractivity (Wildman–Crippen MR) is 72.7 cm³/mol. The summed E-state index contributed by atoms with van der Waals surface area (Å²) in [6, 6.07) is 5.26. The number of hydrogen-bond acceptors (Lipinski definition) is 3. The lowest BCUT2D eigenvalue weighted by molar-refractivity contribution is 0.0994. The molecule has 0 aromatic carbocycles. The van der Waals surface area contributed by atoms with Crippen LogP contribution in [0.2, 0.25) is 0 Å². The molecular weight excluding hydrogens is 296 g/mol. The van der Waals surface area contributed by atoms with Crippen molar-refractivity contribution in [3.8, 4) is 0 Å². The molecule has 0 spiro atoms. The minimum atomic E-state index is -0.288. The number of halogens is 1. The lowest BCUT2D eigenvalue weighted by Gasteiger charge is -2.04. The van der Waals surface area contributed by atoms with Gasteiger partial charge in [0.25, 0.3) is 5.91 Å². The maximum absolute atomic E-state index is 11.9. The van der Waals surface area contributed by atoms with Crippen LogP contribution in [0.25, 0.3) is 0 Å². The Balaban J connectivity index is 2.13. The molecule has 0 saturated heterocycles. The molecule has 0 radical (unpaired) electrons. The SMILES string of the molecule is CCc1ccc(C(=O)Nc2cc(C)c(Br)cn2)o1. The van der Waals surface area contributed by atoms with Crippen LogP contribution in [0.4, 0.5) is 5.82 Å². The number of hydrogen-bond donors (Lipinski definition) is 1. The molecule has 94 valence electrons. The molecule has 0 fully saturated rings. The lowest BCUT2D eigenvalue weighted by Crippen LogP contribution is -2.12. The Morgan fingerprint density at radius 1 is 1.50 bits per heavy atom. The summed E-state index contributed by atoms with van der Waals surface area (Å²) in [6.45, 7) is 3.91. The molecule has 1 N–H and O–H groups in total. The number of aromatic nitrogens is 1. The highest BCUT2D eigenvalue weighted by atomic mass is 79.9. The molecule has 18 heavy (non-hydrogen) atoms. The Labute approximate surface area is 114 Å². The van der Waals surface area contributed by atoms with Gasteiger partial charge in [0.2, 0.25) is 0 Å². The summed E-state index contributed by atoms with van der Waals surface area (Å²) in [5.41, 5.74) is 1.01. The Bertz CT molecular complexity index is 578. The molecule has 0 atom stereocenters. The number of nitrogens with zero attached hydrogens (tertiary/aromatic N) is 1. The zero-order chi connectivity index (χ0) is 13.1. The van der Waals surface area contributed by atoms with Crippen LogP contribution in [0, 0.1) is 6.92 Å². The molecule has 2 heterocycles. The minimum absolute atomic E-state index is 0.288. The lowest BCUT2D eigenvalue weighted by atomic mass is 10.3. The van der Waals surface area contributed by atoms with E-state index in [2.05, 4.69) is 26.2 Å². The van der Waals surface area contributed by atoms with E-state index in [1.54, 1.807) is 24.4 Å². The normalized spacial score (nSPS) is 10.4. The summed E-state index contributed by atoms with van der Waals surface area (Å²) in [7, 11) is 0. The predicted octanol–water partition coefficient (Wildman–Crippen LogP) is 3.56. The van der Waals surface area contributed by atoms with Gasteiger partial charge in [0.1, 0.15) is 11.6 Å². The summed E-state index contributed by atoms with van der Waals surface area (Å²) >= 11 is 3.36. The van der Waals surface area contributed by atoms with Gasteiger partial charge < -0.3 is 9.73 Å². The number of pyridine rings is 1.